The number of amides is 1. The number of carbonyl (C=O) groups excluding carboxylic acids is 1. The monoisotopic (exact) mass is 465 g/mol. The van der Waals surface area contributed by atoms with Gasteiger partial charge in [0.1, 0.15) is 11.5 Å². The van der Waals surface area contributed by atoms with Crippen LogP contribution in [0, 0.1) is 0 Å². The predicted octanol–water partition coefficient (Wildman–Crippen LogP) is 4.24. The van der Waals surface area contributed by atoms with Gasteiger partial charge in [-0.3, -0.25) is 4.79 Å². The Bertz CT molecular complexity index is 1300. The molecular formula is C22H18F3NO5S. The van der Waals surface area contributed by atoms with Crippen molar-refractivity contribution >= 4 is 26.7 Å². The van der Waals surface area contributed by atoms with Gasteiger partial charge in [0.15, 0.2) is 0 Å². The molecule has 0 saturated carbocycles. The molecule has 0 radical (unpaired) electrons. The highest BCUT2D eigenvalue weighted by Gasteiger charge is 2.41. The molecule has 0 fully saturated rings. The van der Waals surface area contributed by atoms with Crippen molar-refractivity contribution in [3.63, 3.8) is 0 Å². The average Bonchev–Trinajstić information content (AvgIpc) is 2.76. The molecule has 1 amide bonds. The van der Waals surface area contributed by atoms with Gasteiger partial charge in [0.25, 0.3) is 10.0 Å². The Morgan fingerprint density at radius 2 is 1.81 bits per heavy atom. The molecule has 0 aromatic heterocycles. The van der Waals surface area contributed by atoms with Gasteiger partial charge in [-0.15, -0.1) is 0 Å². The lowest BCUT2D eigenvalue weighted by Crippen LogP contribution is -2.37. The third kappa shape index (κ3) is 3.86. The molecule has 0 aliphatic carbocycles. The van der Waals surface area contributed by atoms with E-state index in [1.807, 2.05) is 4.72 Å². The number of methoxy groups -OCH3 is 1. The molecule has 1 atom stereocenters. The van der Waals surface area contributed by atoms with Crippen molar-refractivity contribution in [2.45, 2.75) is 23.4 Å². The quantitative estimate of drug-likeness (QED) is 0.624. The van der Waals surface area contributed by atoms with E-state index in [2.05, 4.69) is 0 Å². The minimum Gasteiger partial charge on any atom is -0.496 e. The van der Waals surface area contributed by atoms with E-state index in [0.29, 0.717) is 10.8 Å². The highest BCUT2D eigenvalue weighted by atomic mass is 32.2. The molecule has 1 N–H and O–H groups in total. The Morgan fingerprint density at radius 1 is 1.09 bits per heavy atom. The summed E-state index contributed by atoms with van der Waals surface area (Å²) in [7, 11) is -3.05. The molecular weight excluding hydrogens is 447 g/mol. The van der Waals surface area contributed by atoms with Gasteiger partial charge in [0.05, 0.1) is 30.1 Å². The first-order valence-corrected chi connectivity index (χ1v) is 11.1. The highest BCUT2D eigenvalue weighted by molar-refractivity contribution is 7.90. The number of nitrogens with one attached hydrogen (secondary N) is 1. The first-order valence-electron chi connectivity index (χ1n) is 9.59. The molecule has 168 valence electrons. The van der Waals surface area contributed by atoms with Crippen molar-refractivity contribution in [2.24, 2.45) is 0 Å². The lowest BCUT2D eigenvalue weighted by Gasteiger charge is -2.29. The Morgan fingerprint density at radius 3 is 2.53 bits per heavy atom. The van der Waals surface area contributed by atoms with Gasteiger partial charge in [-0.1, -0.05) is 36.4 Å². The molecule has 3 aromatic rings. The van der Waals surface area contributed by atoms with E-state index in [4.69, 9.17) is 9.47 Å². The molecule has 6 nitrogen and oxygen atoms in total. The SMILES string of the molecule is COc1ccc(C(F)(F)F)c2c1[C@H](C(=O)NS(=O)(=O)c1cccc3ccccc13)CCO2. The number of hydrogen-bond acceptors (Lipinski definition) is 5. The fraction of sp³-hybridized carbons (Fsp3) is 0.227. The van der Waals surface area contributed by atoms with E-state index in [-0.39, 0.29) is 29.2 Å². The third-order valence-electron chi connectivity index (χ3n) is 5.27. The fourth-order valence-electron chi connectivity index (χ4n) is 3.84. The Hall–Kier alpha value is -3.27. The molecule has 0 saturated heterocycles. The average molecular weight is 465 g/mol. The zero-order chi connectivity index (χ0) is 23.1. The van der Waals surface area contributed by atoms with E-state index < -0.39 is 39.3 Å². The second kappa shape index (κ2) is 8.01. The largest absolute Gasteiger partial charge is 0.496 e. The minimum absolute atomic E-state index is 0.00964. The number of hydrogen-bond donors (Lipinski definition) is 1. The summed E-state index contributed by atoms with van der Waals surface area (Å²) in [6.45, 7) is -0.185. The van der Waals surface area contributed by atoms with Crippen LogP contribution in [-0.4, -0.2) is 28.0 Å². The van der Waals surface area contributed by atoms with Crippen LogP contribution in [0.15, 0.2) is 59.5 Å². The van der Waals surface area contributed by atoms with Crippen molar-refractivity contribution in [1.29, 1.82) is 0 Å². The first kappa shape index (κ1) is 21.9. The van der Waals surface area contributed by atoms with Crippen LogP contribution in [0.4, 0.5) is 13.2 Å². The standard InChI is InChI=1S/C22H18F3NO5S/c1-30-17-10-9-16(22(23,24)25)20-19(17)15(11-12-31-20)21(27)26-32(28,29)18-8-4-6-13-5-2-3-7-14(13)18/h2-10,15H,11-12H2,1H3,(H,26,27)/t15-/m1/s1. The van der Waals surface area contributed by atoms with E-state index in [9.17, 15) is 26.4 Å². The normalized spacial score (nSPS) is 16.2. The van der Waals surface area contributed by atoms with Gasteiger partial charge in [0, 0.05) is 10.9 Å². The summed E-state index contributed by atoms with van der Waals surface area (Å²) in [5.41, 5.74) is -1.18. The molecule has 1 aliphatic rings. The molecule has 32 heavy (non-hydrogen) atoms. The van der Waals surface area contributed by atoms with Crippen LogP contribution >= 0.6 is 0 Å². The minimum atomic E-state index is -4.72. The smallest absolute Gasteiger partial charge is 0.419 e. The number of carbonyl (C=O) groups is 1. The maximum Gasteiger partial charge on any atom is 0.419 e. The van der Waals surface area contributed by atoms with Gasteiger partial charge in [-0.2, -0.15) is 13.2 Å². The topological polar surface area (TPSA) is 81.7 Å². The van der Waals surface area contributed by atoms with E-state index >= 15 is 0 Å². The van der Waals surface area contributed by atoms with Crippen LogP contribution in [0.5, 0.6) is 11.5 Å². The Kier molecular flexibility index (Phi) is 5.49. The molecule has 0 bridgehead atoms. The second-order valence-corrected chi connectivity index (χ2v) is 8.84. The van der Waals surface area contributed by atoms with Crippen LogP contribution < -0.4 is 14.2 Å². The van der Waals surface area contributed by atoms with Crippen molar-refractivity contribution in [3.8, 4) is 11.5 Å². The summed E-state index contributed by atoms with van der Waals surface area (Å²) in [5, 5.41) is 1.08. The van der Waals surface area contributed by atoms with Crippen LogP contribution in [0.2, 0.25) is 0 Å². The summed E-state index contributed by atoms with van der Waals surface area (Å²) in [6, 6.07) is 13.3. The third-order valence-corrected chi connectivity index (χ3v) is 6.68. The molecule has 4 rings (SSSR count). The number of rotatable bonds is 4. The second-order valence-electron chi connectivity index (χ2n) is 7.19. The Labute approximate surface area is 182 Å². The highest BCUT2D eigenvalue weighted by Crippen LogP contribution is 2.47. The Balaban J connectivity index is 1.74. The van der Waals surface area contributed by atoms with Gasteiger partial charge < -0.3 is 9.47 Å². The van der Waals surface area contributed by atoms with Gasteiger partial charge >= 0.3 is 6.18 Å². The number of halogens is 3. The van der Waals surface area contributed by atoms with E-state index in [0.717, 1.165) is 12.1 Å². The number of fused-ring (bicyclic) bond motifs is 2. The van der Waals surface area contributed by atoms with Crippen LogP contribution in [0.25, 0.3) is 10.8 Å². The van der Waals surface area contributed by atoms with E-state index in [1.54, 1.807) is 36.4 Å². The van der Waals surface area contributed by atoms with Crippen LogP contribution in [0.3, 0.4) is 0 Å². The summed E-state index contributed by atoms with van der Waals surface area (Å²) in [4.78, 5) is 12.9. The van der Waals surface area contributed by atoms with Crippen molar-refractivity contribution in [3.05, 3.63) is 65.7 Å². The molecule has 0 spiro atoms. The summed E-state index contributed by atoms with van der Waals surface area (Å²) in [6.07, 6.45) is -4.73. The summed E-state index contributed by atoms with van der Waals surface area (Å²) < 4.78 is 78.9. The zero-order valence-electron chi connectivity index (χ0n) is 16.8. The van der Waals surface area contributed by atoms with Crippen molar-refractivity contribution in [2.75, 3.05) is 13.7 Å². The molecule has 10 heteroatoms. The molecule has 3 aromatic carbocycles. The number of benzene rings is 3. The summed E-state index contributed by atoms with van der Waals surface area (Å²) >= 11 is 0. The van der Waals surface area contributed by atoms with Crippen LogP contribution in [0.1, 0.15) is 23.5 Å². The van der Waals surface area contributed by atoms with Gasteiger partial charge in [-0.05, 0) is 30.0 Å². The maximum absolute atomic E-state index is 13.5. The van der Waals surface area contributed by atoms with E-state index in [1.165, 1.54) is 13.2 Å². The van der Waals surface area contributed by atoms with Crippen molar-refractivity contribution in [1.82, 2.24) is 4.72 Å². The molecule has 1 aliphatic heterocycles. The van der Waals surface area contributed by atoms with Crippen LogP contribution in [-0.2, 0) is 21.0 Å². The number of ether oxygens (including phenoxy) is 2. The predicted molar refractivity (Wildman–Crippen MR) is 110 cm³/mol. The first-order chi connectivity index (χ1) is 15.1. The maximum atomic E-state index is 13.5. The van der Waals surface area contributed by atoms with Crippen molar-refractivity contribution < 1.29 is 35.9 Å². The number of sulfonamides is 1. The lowest BCUT2D eigenvalue weighted by molar-refractivity contribution is -0.139. The number of alkyl halides is 3. The fourth-order valence-corrected chi connectivity index (χ4v) is 5.09. The zero-order valence-corrected chi connectivity index (χ0v) is 17.6. The lowest BCUT2D eigenvalue weighted by atomic mass is 9.89. The summed E-state index contributed by atoms with van der Waals surface area (Å²) in [5.74, 6) is -2.68. The van der Waals surface area contributed by atoms with Gasteiger partial charge in [-0.25, -0.2) is 13.1 Å². The molecule has 0 unspecified atom stereocenters. The van der Waals surface area contributed by atoms with Gasteiger partial charge in [0.2, 0.25) is 5.91 Å². The molecule has 1 heterocycles.